The number of amides is 2. The predicted molar refractivity (Wildman–Crippen MR) is 109 cm³/mol. The highest BCUT2D eigenvalue weighted by molar-refractivity contribution is 6.32. The molecule has 0 aromatic heterocycles. The fraction of sp³-hybridized carbons (Fsp3) is 0.273. The Labute approximate surface area is 164 Å². The first-order valence-electron chi connectivity index (χ1n) is 9.18. The third-order valence-corrected chi connectivity index (χ3v) is 4.98. The van der Waals surface area contributed by atoms with Crippen molar-refractivity contribution in [3.8, 4) is 0 Å². The molecule has 27 heavy (non-hydrogen) atoms. The van der Waals surface area contributed by atoms with Crippen molar-refractivity contribution in [2.24, 2.45) is 0 Å². The van der Waals surface area contributed by atoms with Crippen molar-refractivity contribution < 1.29 is 9.59 Å². The topological polar surface area (TPSA) is 49.4 Å². The van der Waals surface area contributed by atoms with Crippen LogP contribution >= 0.6 is 11.6 Å². The highest BCUT2D eigenvalue weighted by Gasteiger charge is 2.22. The lowest BCUT2D eigenvalue weighted by Crippen LogP contribution is -2.41. The van der Waals surface area contributed by atoms with Gasteiger partial charge in [-0.15, -0.1) is 0 Å². The molecule has 0 unspecified atom stereocenters. The van der Waals surface area contributed by atoms with Crippen molar-refractivity contribution in [2.75, 3.05) is 13.1 Å². The van der Waals surface area contributed by atoms with Gasteiger partial charge in [0, 0.05) is 23.7 Å². The van der Waals surface area contributed by atoms with E-state index in [4.69, 9.17) is 11.6 Å². The van der Waals surface area contributed by atoms with Crippen LogP contribution < -0.4 is 5.32 Å². The Hall–Kier alpha value is -2.59. The van der Waals surface area contributed by atoms with Gasteiger partial charge in [0.1, 0.15) is 5.70 Å². The van der Waals surface area contributed by atoms with E-state index >= 15 is 0 Å². The molecule has 1 saturated heterocycles. The average Bonchev–Trinajstić information content (AvgIpc) is 2.69. The van der Waals surface area contributed by atoms with Crippen LogP contribution in [-0.2, 0) is 4.79 Å². The van der Waals surface area contributed by atoms with E-state index in [-0.39, 0.29) is 17.5 Å². The third kappa shape index (κ3) is 4.98. The normalized spacial score (nSPS) is 14.7. The van der Waals surface area contributed by atoms with Crippen LogP contribution in [-0.4, -0.2) is 29.8 Å². The van der Waals surface area contributed by atoms with Crippen molar-refractivity contribution >= 4 is 29.5 Å². The SMILES string of the molecule is Cc1ccc(C(=O)NC(=Cc2ccccc2Cl)C(=O)N2CCCCC2)cc1. The first-order valence-corrected chi connectivity index (χ1v) is 9.56. The van der Waals surface area contributed by atoms with Gasteiger partial charge < -0.3 is 10.2 Å². The van der Waals surface area contributed by atoms with Crippen LogP contribution in [0.5, 0.6) is 0 Å². The van der Waals surface area contributed by atoms with Gasteiger partial charge in [-0.1, -0.05) is 47.5 Å². The summed E-state index contributed by atoms with van der Waals surface area (Å²) in [5, 5.41) is 3.33. The summed E-state index contributed by atoms with van der Waals surface area (Å²) in [6, 6.07) is 14.5. The fourth-order valence-electron chi connectivity index (χ4n) is 3.07. The summed E-state index contributed by atoms with van der Waals surface area (Å²) in [5.41, 5.74) is 2.53. The summed E-state index contributed by atoms with van der Waals surface area (Å²) in [4.78, 5) is 27.5. The van der Waals surface area contributed by atoms with E-state index in [9.17, 15) is 9.59 Å². The van der Waals surface area contributed by atoms with Gasteiger partial charge in [0.25, 0.3) is 11.8 Å². The maximum atomic E-state index is 13.0. The zero-order chi connectivity index (χ0) is 19.2. The maximum Gasteiger partial charge on any atom is 0.270 e. The van der Waals surface area contributed by atoms with Gasteiger partial charge in [0.05, 0.1) is 0 Å². The minimum absolute atomic E-state index is 0.171. The predicted octanol–water partition coefficient (Wildman–Crippen LogP) is 4.43. The van der Waals surface area contributed by atoms with E-state index in [2.05, 4.69) is 5.32 Å². The Bertz CT molecular complexity index is 853. The van der Waals surface area contributed by atoms with Gasteiger partial charge in [-0.2, -0.15) is 0 Å². The molecule has 0 aliphatic carbocycles. The lowest BCUT2D eigenvalue weighted by molar-refractivity contribution is -0.128. The van der Waals surface area contributed by atoms with E-state index in [0.717, 1.165) is 24.8 Å². The van der Waals surface area contributed by atoms with Gasteiger partial charge in [-0.05, 0) is 56.0 Å². The van der Waals surface area contributed by atoms with Crippen molar-refractivity contribution in [3.63, 3.8) is 0 Å². The standard InChI is InChI=1S/C22H23ClN2O2/c1-16-9-11-17(12-10-16)21(26)24-20(15-18-7-3-4-8-19(18)23)22(27)25-13-5-2-6-14-25/h3-4,7-12,15H,2,5-6,13-14H2,1H3,(H,24,26). The summed E-state index contributed by atoms with van der Waals surface area (Å²) in [5.74, 6) is -0.478. The number of hydrogen-bond donors (Lipinski definition) is 1. The number of nitrogens with zero attached hydrogens (tertiary/aromatic N) is 1. The lowest BCUT2D eigenvalue weighted by atomic mass is 10.1. The minimum atomic E-state index is -0.307. The molecule has 0 atom stereocenters. The fourth-order valence-corrected chi connectivity index (χ4v) is 3.26. The maximum absolute atomic E-state index is 13.0. The van der Waals surface area contributed by atoms with Gasteiger partial charge >= 0.3 is 0 Å². The third-order valence-electron chi connectivity index (χ3n) is 4.64. The number of benzene rings is 2. The number of likely N-dealkylation sites (tertiary alicyclic amines) is 1. The zero-order valence-electron chi connectivity index (χ0n) is 15.4. The zero-order valence-corrected chi connectivity index (χ0v) is 16.1. The summed E-state index contributed by atoms with van der Waals surface area (Å²) >= 11 is 6.25. The van der Waals surface area contributed by atoms with E-state index < -0.39 is 0 Å². The molecule has 140 valence electrons. The number of nitrogens with one attached hydrogen (secondary N) is 1. The van der Waals surface area contributed by atoms with Crippen LogP contribution in [0.25, 0.3) is 6.08 Å². The van der Waals surface area contributed by atoms with Crippen LogP contribution in [0.3, 0.4) is 0 Å². The van der Waals surface area contributed by atoms with Crippen LogP contribution in [0.15, 0.2) is 54.2 Å². The van der Waals surface area contributed by atoms with Crippen molar-refractivity contribution in [1.82, 2.24) is 10.2 Å². The summed E-state index contributed by atoms with van der Waals surface area (Å²) < 4.78 is 0. The van der Waals surface area contributed by atoms with Crippen molar-refractivity contribution in [1.29, 1.82) is 0 Å². The second-order valence-electron chi connectivity index (χ2n) is 6.75. The molecule has 0 bridgehead atoms. The van der Waals surface area contributed by atoms with Crippen molar-refractivity contribution in [3.05, 3.63) is 75.9 Å². The summed E-state index contributed by atoms with van der Waals surface area (Å²) in [7, 11) is 0. The van der Waals surface area contributed by atoms with Gasteiger partial charge in [0.2, 0.25) is 0 Å². The van der Waals surface area contributed by atoms with E-state index in [1.54, 1.807) is 29.2 Å². The Morgan fingerprint density at radius 3 is 2.33 bits per heavy atom. The molecule has 2 amide bonds. The second kappa shape index (κ2) is 8.87. The lowest BCUT2D eigenvalue weighted by Gasteiger charge is -2.27. The number of aryl methyl sites for hydroxylation is 1. The van der Waals surface area contributed by atoms with Crippen LogP contribution in [0.1, 0.15) is 40.7 Å². The Morgan fingerprint density at radius 2 is 1.67 bits per heavy atom. The Morgan fingerprint density at radius 1 is 1.00 bits per heavy atom. The minimum Gasteiger partial charge on any atom is -0.337 e. The number of halogens is 1. The molecule has 0 spiro atoms. The summed E-state index contributed by atoms with van der Waals surface area (Å²) in [6.45, 7) is 3.38. The summed E-state index contributed by atoms with van der Waals surface area (Å²) in [6.07, 6.45) is 4.75. The first kappa shape index (κ1) is 19.2. The van der Waals surface area contributed by atoms with Crippen LogP contribution in [0.4, 0.5) is 0 Å². The number of carbonyl (C=O) groups is 2. The van der Waals surface area contributed by atoms with E-state index in [0.29, 0.717) is 29.2 Å². The molecule has 1 fully saturated rings. The monoisotopic (exact) mass is 382 g/mol. The molecular formula is C22H23ClN2O2. The second-order valence-corrected chi connectivity index (χ2v) is 7.16. The van der Waals surface area contributed by atoms with Gasteiger partial charge in [-0.3, -0.25) is 9.59 Å². The van der Waals surface area contributed by atoms with Crippen LogP contribution in [0.2, 0.25) is 5.02 Å². The highest BCUT2D eigenvalue weighted by atomic mass is 35.5. The largest absolute Gasteiger partial charge is 0.337 e. The van der Waals surface area contributed by atoms with Crippen molar-refractivity contribution in [2.45, 2.75) is 26.2 Å². The molecule has 1 aliphatic heterocycles. The van der Waals surface area contributed by atoms with Gasteiger partial charge in [0.15, 0.2) is 0 Å². The Balaban J connectivity index is 1.89. The number of hydrogen-bond acceptors (Lipinski definition) is 2. The Kier molecular flexibility index (Phi) is 6.30. The molecule has 1 heterocycles. The quantitative estimate of drug-likeness (QED) is 0.795. The molecule has 5 heteroatoms. The first-order chi connectivity index (χ1) is 13.0. The van der Waals surface area contributed by atoms with E-state index in [1.165, 1.54) is 0 Å². The average molecular weight is 383 g/mol. The molecule has 3 rings (SSSR count). The molecule has 0 radical (unpaired) electrons. The molecular weight excluding hydrogens is 360 g/mol. The highest BCUT2D eigenvalue weighted by Crippen LogP contribution is 2.20. The number of rotatable bonds is 4. The number of piperidine rings is 1. The smallest absolute Gasteiger partial charge is 0.270 e. The van der Waals surface area contributed by atoms with Gasteiger partial charge in [-0.25, -0.2) is 0 Å². The van der Waals surface area contributed by atoms with E-state index in [1.807, 2.05) is 37.3 Å². The molecule has 1 aliphatic rings. The molecule has 4 nitrogen and oxygen atoms in total. The number of carbonyl (C=O) groups excluding carboxylic acids is 2. The van der Waals surface area contributed by atoms with Crippen LogP contribution in [0, 0.1) is 6.92 Å². The molecule has 2 aromatic rings. The molecule has 1 N–H and O–H groups in total. The molecule has 0 saturated carbocycles. The molecule has 2 aromatic carbocycles.